The van der Waals surface area contributed by atoms with E-state index in [1.807, 2.05) is 20.8 Å². The highest BCUT2D eigenvalue weighted by Gasteiger charge is 2.13. The van der Waals surface area contributed by atoms with E-state index in [2.05, 4.69) is 4.98 Å². The molecule has 0 saturated heterocycles. The van der Waals surface area contributed by atoms with Gasteiger partial charge in [-0.2, -0.15) is 0 Å². The summed E-state index contributed by atoms with van der Waals surface area (Å²) in [6.45, 7) is 5.78. The van der Waals surface area contributed by atoms with Crippen molar-refractivity contribution in [3.63, 3.8) is 0 Å². The van der Waals surface area contributed by atoms with Gasteiger partial charge in [0.25, 0.3) is 5.56 Å². The fourth-order valence-electron chi connectivity index (χ4n) is 1.49. The van der Waals surface area contributed by atoms with Gasteiger partial charge in [-0.25, -0.2) is 0 Å². The zero-order valence-corrected chi connectivity index (χ0v) is 10.0. The summed E-state index contributed by atoms with van der Waals surface area (Å²) < 4.78 is 1.87. The van der Waals surface area contributed by atoms with Gasteiger partial charge in [-0.1, -0.05) is 13.8 Å². The number of hydrogen-bond donors (Lipinski definition) is 2. The normalized spacial score (nSPS) is 12.7. The van der Waals surface area contributed by atoms with Gasteiger partial charge in [0.15, 0.2) is 4.77 Å². The van der Waals surface area contributed by atoms with Gasteiger partial charge in [-0.3, -0.25) is 14.3 Å². The Kier molecular flexibility index (Phi) is 3.68. The lowest BCUT2D eigenvalue weighted by molar-refractivity contribution is 0.366. The van der Waals surface area contributed by atoms with E-state index in [1.165, 1.54) is 0 Å². The molecule has 1 unspecified atom stereocenters. The fourth-order valence-corrected chi connectivity index (χ4v) is 1.85. The molecule has 1 aromatic heterocycles. The van der Waals surface area contributed by atoms with Gasteiger partial charge in [0.1, 0.15) is 0 Å². The van der Waals surface area contributed by atoms with Crippen LogP contribution in [0.2, 0.25) is 0 Å². The topological polar surface area (TPSA) is 58.0 Å². The van der Waals surface area contributed by atoms with Crippen LogP contribution in [0.3, 0.4) is 0 Å². The van der Waals surface area contributed by atoms with E-state index < -0.39 is 0 Å². The van der Waals surface area contributed by atoms with E-state index in [1.54, 1.807) is 4.57 Å². The third-order valence-corrected chi connectivity index (χ3v) is 2.90. The Morgan fingerprint density at radius 3 is 2.60 bits per heavy atom. The van der Waals surface area contributed by atoms with Crippen LogP contribution in [-0.4, -0.2) is 14.7 Å². The number of aromatic hydroxyl groups is 1. The molecule has 4 nitrogen and oxygen atoms in total. The second-order valence-corrected chi connectivity index (χ2v) is 3.93. The van der Waals surface area contributed by atoms with Crippen LogP contribution in [0.15, 0.2) is 4.79 Å². The van der Waals surface area contributed by atoms with Crippen LogP contribution in [0.4, 0.5) is 0 Å². The average Bonchev–Trinajstić information content (AvgIpc) is 2.17. The van der Waals surface area contributed by atoms with Gasteiger partial charge in [0, 0.05) is 6.04 Å². The van der Waals surface area contributed by atoms with Crippen molar-refractivity contribution in [2.45, 2.75) is 39.7 Å². The minimum absolute atomic E-state index is 0.000556. The van der Waals surface area contributed by atoms with E-state index >= 15 is 0 Å². The van der Waals surface area contributed by atoms with Gasteiger partial charge < -0.3 is 5.11 Å². The molecule has 1 rings (SSSR count). The third-order valence-electron chi connectivity index (χ3n) is 2.60. The maximum Gasteiger partial charge on any atom is 0.258 e. The lowest BCUT2D eigenvalue weighted by Gasteiger charge is -2.17. The minimum atomic E-state index is -0.292. The molecule has 1 aromatic rings. The van der Waals surface area contributed by atoms with Crippen molar-refractivity contribution in [2.75, 3.05) is 0 Å². The van der Waals surface area contributed by atoms with Crippen molar-refractivity contribution in [1.29, 1.82) is 0 Å². The fraction of sp³-hybridized carbons (Fsp3) is 0.600. The number of nitrogens with zero attached hydrogens (tertiary/aromatic N) is 1. The molecule has 5 heteroatoms. The first-order valence-electron chi connectivity index (χ1n) is 5.09. The first kappa shape index (κ1) is 12.0. The first-order chi connectivity index (χ1) is 7.02. The molecule has 0 aliphatic rings. The Bertz CT molecular complexity index is 461. The second-order valence-electron chi connectivity index (χ2n) is 3.54. The van der Waals surface area contributed by atoms with E-state index in [0.29, 0.717) is 12.0 Å². The largest absolute Gasteiger partial charge is 0.494 e. The van der Waals surface area contributed by atoms with Crippen molar-refractivity contribution < 1.29 is 5.11 Å². The van der Waals surface area contributed by atoms with Crippen molar-refractivity contribution in [2.24, 2.45) is 0 Å². The molecule has 0 aliphatic heterocycles. The number of hydrogen-bond acceptors (Lipinski definition) is 3. The number of H-pyrrole nitrogens is 1. The van der Waals surface area contributed by atoms with Gasteiger partial charge in [-0.05, 0) is 32.0 Å². The number of aromatic amines is 1. The van der Waals surface area contributed by atoms with Crippen molar-refractivity contribution >= 4 is 12.2 Å². The zero-order chi connectivity index (χ0) is 11.6. The molecule has 0 aromatic carbocycles. The van der Waals surface area contributed by atoms with Gasteiger partial charge in [0.05, 0.1) is 5.56 Å². The molecule has 0 aliphatic carbocycles. The Labute approximate surface area is 93.6 Å². The molecule has 1 heterocycles. The predicted octanol–water partition coefficient (Wildman–Crippen LogP) is 2.14. The van der Waals surface area contributed by atoms with Crippen LogP contribution >= 0.6 is 12.2 Å². The Morgan fingerprint density at radius 2 is 2.13 bits per heavy atom. The Morgan fingerprint density at radius 1 is 1.53 bits per heavy atom. The number of nitrogens with one attached hydrogen (secondary N) is 1. The standard InChI is InChI=1S/C10H16N2O2S/c1-4-6(3)12-9(14)7(5-2)8(13)11-10(12)15/h6,14H,4-5H2,1-3H3,(H,11,13,15). The molecule has 0 saturated carbocycles. The van der Waals surface area contributed by atoms with Gasteiger partial charge in [0.2, 0.25) is 5.88 Å². The minimum Gasteiger partial charge on any atom is -0.494 e. The lowest BCUT2D eigenvalue weighted by atomic mass is 10.2. The molecule has 2 N–H and O–H groups in total. The molecule has 0 radical (unpaired) electrons. The van der Waals surface area contributed by atoms with Crippen LogP contribution in [0.5, 0.6) is 5.88 Å². The molecule has 0 amide bonds. The quantitative estimate of drug-likeness (QED) is 0.779. The highest BCUT2D eigenvalue weighted by atomic mass is 32.1. The average molecular weight is 228 g/mol. The van der Waals surface area contributed by atoms with Crippen LogP contribution < -0.4 is 5.56 Å². The molecule has 15 heavy (non-hydrogen) atoms. The van der Waals surface area contributed by atoms with Crippen molar-refractivity contribution in [3.8, 4) is 5.88 Å². The molecule has 0 bridgehead atoms. The lowest BCUT2D eigenvalue weighted by Crippen LogP contribution is -2.20. The summed E-state index contributed by atoms with van der Waals surface area (Å²) in [6, 6.07) is 0.0830. The summed E-state index contributed by atoms with van der Waals surface area (Å²) in [7, 11) is 0. The van der Waals surface area contributed by atoms with Crippen molar-refractivity contribution in [3.05, 3.63) is 20.7 Å². The monoisotopic (exact) mass is 228 g/mol. The zero-order valence-electron chi connectivity index (χ0n) is 9.20. The maximum atomic E-state index is 11.5. The molecular weight excluding hydrogens is 212 g/mol. The third kappa shape index (κ3) is 2.12. The Hall–Kier alpha value is -1.10. The van der Waals surface area contributed by atoms with E-state index in [9.17, 15) is 9.90 Å². The summed E-state index contributed by atoms with van der Waals surface area (Å²) in [4.78, 5) is 14.0. The molecule has 0 fully saturated rings. The smallest absolute Gasteiger partial charge is 0.258 e. The highest BCUT2D eigenvalue weighted by molar-refractivity contribution is 7.71. The van der Waals surface area contributed by atoms with Crippen LogP contribution in [0.25, 0.3) is 0 Å². The number of rotatable bonds is 3. The SMILES string of the molecule is CCc1c(O)n(C(C)CC)c(=S)[nH]c1=O. The van der Waals surface area contributed by atoms with Crippen LogP contribution in [0.1, 0.15) is 38.8 Å². The maximum absolute atomic E-state index is 11.5. The summed E-state index contributed by atoms with van der Waals surface area (Å²) >= 11 is 5.02. The van der Waals surface area contributed by atoms with Gasteiger partial charge in [-0.15, -0.1) is 0 Å². The molecule has 0 spiro atoms. The second kappa shape index (κ2) is 4.61. The molecular formula is C10H16N2O2S. The summed E-state index contributed by atoms with van der Waals surface area (Å²) in [6.07, 6.45) is 1.34. The van der Waals surface area contributed by atoms with E-state index in [-0.39, 0.29) is 22.3 Å². The summed E-state index contributed by atoms with van der Waals surface area (Å²) in [5, 5.41) is 9.93. The van der Waals surface area contributed by atoms with Gasteiger partial charge >= 0.3 is 0 Å². The van der Waals surface area contributed by atoms with Crippen molar-refractivity contribution in [1.82, 2.24) is 9.55 Å². The van der Waals surface area contributed by atoms with E-state index in [0.717, 1.165) is 6.42 Å². The molecule has 84 valence electrons. The van der Waals surface area contributed by atoms with Crippen LogP contribution in [0, 0.1) is 4.77 Å². The van der Waals surface area contributed by atoms with Crippen LogP contribution in [-0.2, 0) is 6.42 Å². The molecule has 1 atom stereocenters. The summed E-state index contributed by atoms with van der Waals surface area (Å²) in [5.74, 6) is 0.000556. The Balaban J connectivity index is 3.53. The first-order valence-corrected chi connectivity index (χ1v) is 5.50. The predicted molar refractivity (Wildman–Crippen MR) is 61.9 cm³/mol. The number of aromatic nitrogens is 2. The van der Waals surface area contributed by atoms with E-state index in [4.69, 9.17) is 12.2 Å². The highest BCUT2D eigenvalue weighted by Crippen LogP contribution is 2.20. The summed E-state index contributed by atoms with van der Waals surface area (Å²) in [5.41, 5.74) is 0.100.